The van der Waals surface area contributed by atoms with Crippen LogP contribution >= 0.6 is 11.3 Å². The average molecular weight is 343 g/mol. The van der Waals surface area contributed by atoms with Gasteiger partial charge in [0, 0.05) is 12.1 Å². The predicted octanol–water partition coefficient (Wildman–Crippen LogP) is 3.80. The Morgan fingerprint density at radius 1 is 1.42 bits per heavy atom. The van der Waals surface area contributed by atoms with Gasteiger partial charge in [-0.25, -0.2) is 4.98 Å². The molecule has 7 nitrogen and oxygen atoms in total. The number of oxazole rings is 1. The molecule has 0 unspecified atom stereocenters. The van der Waals surface area contributed by atoms with Gasteiger partial charge in [-0.2, -0.15) is 0 Å². The van der Waals surface area contributed by atoms with Gasteiger partial charge in [0.2, 0.25) is 11.8 Å². The first-order valence-electron chi connectivity index (χ1n) is 7.06. The molecule has 122 valence electrons. The normalized spacial score (nSPS) is 10.5. The molecule has 0 aliphatic carbocycles. The largest absolute Gasteiger partial charge is 0.444 e. The van der Waals surface area contributed by atoms with E-state index in [2.05, 4.69) is 10.3 Å². The number of aromatic nitrogens is 1. The lowest BCUT2D eigenvalue weighted by Gasteiger charge is -2.07. The van der Waals surface area contributed by atoms with Crippen LogP contribution in [-0.4, -0.2) is 15.8 Å². The molecule has 0 aliphatic heterocycles. The molecule has 2 aromatic heterocycles. The topological polar surface area (TPSA) is 98.3 Å². The number of hydrogen-bond acceptors (Lipinski definition) is 6. The first-order chi connectivity index (χ1) is 11.5. The molecule has 0 radical (unpaired) electrons. The second-order valence-corrected chi connectivity index (χ2v) is 6.05. The molecule has 0 saturated heterocycles. The van der Waals surface area contributed by atoms with E-state index in [-0.39, 0.29) is 18.0 Å². The molecule has 1 N–H and O–H groups in total. The molecule has 0 aliphatic rings. The summed E-state index contributed by atoms with van der Waals surface area (Å²) in [5.74, 6) is 0.156. The summed E-state index contributed by atoms with van der Waals surface area (Å²) in [6.45, 7) is 1.77. The van der Waals surface area contributed by atoms with Gasteiger partial charge in [-0.05, 0) is 23.9 Å². The van der Waals surface area contributed by atoms with Crippen molar-refractivity contribution in [3.05, 3.63) is 63.3 Å². The Kier molecular flexibility index (Phi) is 4.39. The smallest absolute Gasteiger partial charge is 0.271 e. The molecule has 3 aromatic rings. The lowest BCUT2D eigenvalue weighted by molar-refractivity contribution is -0.384. The number of carbonyl (C=O) groups is 1. The Hall–Kier alpha value is -3.00. The molecule has 24 heavy (non-hydrogen) atoms. The molecule has 0 atom stereocenters. The number of nitro benzene ring substituents is 1. The van der Waals surface area contributed by atoms with Crippen LogP contribution in [0.3, 0.4) is 0 Å². The van der Waals surface area contributed by atoms with Crippen LogP contribution < -0.4 is 5.32 Å². The fraction of sp³-hybridized carbons (Fsp3) is 0.125. The third kappa shape index (κ3) is 3.49. The number of carbonyl (C=O) groups excluding carboxylic acids is 1. The van der Waals surface area contributed by atoms with Crippen molar-refractivity contribution in [3.8, 4) is 10.8 Å². The Morgan fingerprint density at radius 3 is 2.96 bits per heavy atom. The Morgan fingerprint density at radius 2 is 2.25 bits per heavy atom. The second kappa shape index (κ2) is 6.63. The zero-order valence-electron chi connectivity index (χ0n) is 12.7. The number of rotatable bonds is 5. The van der Waals surface area contributed by atoms with Crippen LogP contribution in [0.5, 0.6) is 0 Å². The fourth-order valence-electron chi connectivity index (χ4n) is 2.12. The monoisotopic (exact) mass is 343 g/mol. The maximum Gasteiger partial charge on any atom is 0.271 e. The molecule has 0 fully saturated rings. The number of aryl methyl sites for hydroxylation is 1. The molecule has 2 heterocycles. The van der Waals surface area contributed by atoms with Crippen LogP contribution in [0.4, 0.5) is 11.4 Å². The van der Waals surface area contributed by atoms with Gasteiger partial charge in [-0.1, -0.05) is 12.1 Å². The van der Waals surface area contributed by atoms with E-state index in [1.165, 1.54) is 29.7 Å². The van der Waals surface area contributed by atoms with Crippen LogP contribution in [-0.2, 0) is 11.2 Å². The molecule has 0 spiro atoms. The first-order valence-corrected chi connectivity index (χ1v) is 7.94. The van der Waals surface area contributed by atoms with E-state index in [4.69, 9.17) is 4.42 Å². The van der Waals surface area contributed by atoms with Crippen molar-refractivity contribution in [2.75, 3.05) is 5.32 Å². The highest BCUT2D eigenvalue weighted by atomic mass is 32.1. The van der Waals surface area contributed by atoms with Crippen LogP contribution in [0.25, 0.3) is 10.8 Å². The van der Waals surface area contributed by atoms with Crippen LogP contribution in [0.2, 0.25) is 0 Å². The van der Waals surface area contributed by atoms with Gasteiger partial charge in [0.1, 0.15) is 6.26 Å². The maximum atomic E-state index is 12.2. The van der Waals surface area contributed by atoms with Crippen LogP contribution in [0, 0.1) is 17.0 Å². The predicted molar refractivity (Wildman–Crippen MR) is 90.0 cm³/mol. The van der Waals surface area contributed by atoms with E-state index in [1.54, 1.807) is 13.0 Å². The number of non-ortho nitro benzene ring substituents is 1. The third-order valence-electron chi connectivity index (χ3n) is 3.33. The van der Waals surface area contributed by atoms with Gasteiger partial charge in [-0.15, -0.1) is 11.3 Å². The van der Waals surface area contributed by atoms with Gasteiger partial charge in [0.05, 0.1) is 27.6 Å². The Labute approximate surface area is 141 Å². The minimum absolute atomic E-state index is 0.0248. The van der Waals surface area contributed by atoms with Crippen molar-refractivity contribution in [2.24, 2.45) is 0 Å². The molecule has 0 bridgehead atoms. The van der Waals surface area contributed by atoms with Gasteiger partial charge in [0.15, 0.2) is 0 Å². The maximum absolute atomic E-state index is 12.2. The number of nitrogens with one attached hydrogen (secondary N) is 1. The summed E-state index contributed by atoms with van der Waals surface area (Å²) in [5, 5.41) is 15.4. The molecule has 8 heteroatoms. The van der Waals surface area contributed by atoms with Crippen molar-refractivity contribution < 1.29 is 14.1 Å². The molecule has 3 rings (SSSR count). The van der Waals surface area contributed by atoms with Gasteiger partial charge < -0.3 is 9.73 Å². The molecule has 0 saturated carbocycles. The number of thiophene rings is 1. The summed E-state index contributed by atoms with van der Waals surface area (Å²) < 4.78 is 5.36. The number of nitrogens with zero attached hydrogens (tertiary/aromatic N) is 2. The summed E-state index contributed by atoms with van der Waals surface area (Å²) >= 11 is 1.50. The van der Waals surface area contributed by atoms with Gasteiger partial charge in [0.25, 0.3) is 5.69 Å². The van der Waals surface area contributed by atoms with Crippen molar-refractivity contribution >= 4 is 28.6 Å². The van der Waals surface area contributed by atoms with Gasteiger partial charge >= 0.3 is 0 Å². The number of benzene rings is 1. The number of hydrogen-bond donors (Lipinski definition) is 1. The highest BCUT2D eigenvalue weighted by Gasteiger charge is 2.14. The van der Waals surface area contributed by atoms with E-state index in [0.29, 0.717) is 17.3 Å². The zero-order chi connectivity index (χ0) is 17.1. The summed E-state index contributed by atoms with van der Waals surface area (Å²) in [6, 6.07) is 8.11. The van der Waals surface area contributed by atoms with Crippen molar-refractivity contribution in [1.82, 2.24) is 4.98 Å². The molecular weight excluding hydrogens is 330 g/mol. The third-order valence-corrected chi connectivity index (χ3v) is 4.19. The minimum atomic E-state index is -0.500. The van der Waals surface area contributed by atoms with Crippen LogP contribution in [0.1, 0.15) is 11.3 Å². The van der Waals surface area contributed by atoms with E-state index in [0.717, 1.165) is 10.4 Å². The first kappa shape index (κ1) is 15.9. The SMILES string of the molecule is Cc1ccc([N+](=O)[O-])cc1NC(=O)Cc1coc(-c2cccs2)n1. The summed E-state index contributed by atoms with van der Waals surface area (Å²) in [5.41, 5.74) is 1.58. The van der Waals surface area contributed by atoms with Gasteiger partial charge in [-0.3, -0.25) is 14.9 Å². The summed E-state index contributed by atoms with van der Waals surface area (Å²) in [7, 11) is 0. The van der Waals surface area contributed by atoms with E-state index in [1.807, 2.05) is 17.5 Å². The summed E-state index contributed by atoms with van der Waals surface area (Å²) in [6.07, 6.45) is 1.46. The average Bonchev–Trinajstić information content (AvgIpc) is 3.20. The highest BCUT2D eigenvalue weighted by molar-refractivity contribution is 7.13. The molecule has 1 aromatic carbocycles. The minimum Gasteiger partial charge on any atom is -0.444 e. The van der Waals surface area contributed by atoms with E-state index >= 15 is 0 Å². The summed E-state index contributed by atoms with van der Waals surface area (Å²) in [4.78, 5) is 27.6. The Balaban J connectivity index is 1.70. The zero-order valence-corrected chi connectivity index (χ0v) is 13.5. The number of anilines is 1. The van der Waals surface area contributed by atoms with Crippen molar-refractivity contribution in [2.45, 2.75) is 13.3 Å². The fourth-order valence-corrected chi connectivity index (χ4v) is 2.77. The van der Waals surface area contributed by atoms with E-state index < -0.39 is 4.92 Å². The highest BCUT2D eigenvalue weighted by Crippen LogP contribution is 2.24. The number of amides is 1. The molecule has 1 amide bonds. The molecular formula is C16H13N3O4S. The van der Waals surface area contributed by atoms with Crippen LogP contribution in [0.15, 0.2) is 46.4 Å². The quantitative estimate of drug-likeness (QED) is 0.561. The number of nitro groups is 1. The van der Waals surface area contributed by atoms with Crippen molar-refractivity contribution in [3.63, 3.8) is 0 Å². The second-order valence-electron chi connectivity index (χ2n) is 5.10. The lowest BCUT2D eigenvalue weighted by atomic mass is 10.1. The Bertz CT molecular complexity index is 887. The van der Waals surface area contributed by atoms with Crippen molar-refractivity contribution in [1.29, 1.82) is 0 Å². The van der Waals surface area contributed by atoms with E-state index in [9.17, 15) is 14.9 Å². The standard InChI is InChI=1S/C16H13N3O4S/c1-10-4-5-12(19(21)22)8-13(10)18-15(20)7-11-9-23-16(17-11)14-3-2-6-24-14/h2-6,8-9H,7H2,1H3,(H,18,20). The lowest BCUT2D eigenvalue weighted by Crippen LogP contribution is -2.15.